The van der Waals surface area contributed by atoms with Crippen molar-refractivity contribution in [3.63, 3.8) is 0 Å². The summed E-state index contributed by atoms with van der Waals surface area (Å²) in [6.07, 6.45) is 0.932. The normalized spacial score (nSPS) is 12.6. The number of carboxylic acids is 1. The highest BCUT2D eigenvalue weighted by molar-refractivity contribution is 5.75. The second kappa shape index (κ2) is 6.25. The predicted molar refractivity (Wildman–Crippen MR) is 65.9 cm³/mol. The summed E-state index contributed by atoms with van der Waals surface area (Å²) in [5, 5.41) is 21.3. The SMILES string of the molecule is CC(C)CCNC(C(=O)O)c1ccc(O)cc1. The van der Waals surface area contributed by atoms with E-state index in [2.05, 4.69) is 19.2 Å². The molecule has 0 radical (unpaired) electrons. The molecule has 0 aliphatic heterocycles. The molecule has 1 aromatic carbocycles. The van der Waals surface area contributed by atoms with Gasteiger partial charge < -0.3 is 15.5 Å². The smallest absolute Gasteiger partial charge is 0.325 e. The highest BCUT2D eigenvalue weighted by atomic mass is 16.4. The van der Waals surface area contributed by atoms with Crippen molar-refractivity contribution in [3.05, 3.63) is 29.8 Å². The number of aliphatic carboxylic acids is 1. The minimum absolute atomic E-state index is 0.139. The van der Waals surface area contributed by atoms with E-state index in [0.717, 1.165) is 6.42 Å². The van der Waals surface area contributed by atoms with Gasteiger partial charge in [-0.3, -0.25) is 4.79 Å². The van der Waals surface area contributed by atoms with Crippen molar-refractivity contribution in [2.24, 2.45) is 5.92 Å². The maximum atomic E-state index is 11.1. The Kier molecular flexibility index (Phi) is 4.97. The van der Waals surface area contributed by atoms with Crippen LogP contribution >= 0.6 is 0 Å². The molecule has 1 rings (SSSR count). The van der Waals surface area contributed by atoms with Crippen LogP contribution in [0.25, 0.3) is 0 Å². The molecule has 1 aromatic rings. The zero-order valence-electron chi connectivity index (χ0n) is 10.2. The number of phenols is 1. The number of carbonyl (C=O) groups is 1. The summed E-state index contributed by atoms with van der Waals surface area (Å²) in [5.41, 5.74) is 0.652. The lowest BCUT2D eigenvalue weighted by Gasteiger charge is -2.15. The fourth-order valence-corrected chi connectivity index (χ4v) is 1.53. The predicted octanol–water partition coefficient (Wildman–Crippen LogP) is 2.15. The molecule has 0 fully saturated rings. The Balaban J connectivity index is 2.66. The molecule has 0 aliphatic rings. The van der Waals surface area contributed by atoms with Gasteiger partial charge in [0.2, 0.25) is 0 Å². The minimum Gasteiger partial charge on any atom is -0.508 e. The summed E-state index contributed by atoms with van der Waals surface area (Å²) in [5.74, 6) is -0.226. The Bertz CT molecular complexity index is 359. The Morgan fingerprint density at radius 1 is 1.29 bits per heavy atom. The second-order valence-electron chi connectivity index (χ2n) is 4.50. The molecule has 17 heavy (non-hydrogen) atoms. The van der Waals surface area contributed by atoms with Crippen LogP contribution in [0.4, 0.5) is 0 Å². The average molecular weight is 237 g/mol. The van der Waals surface area contributed by atoms with Crippen LogP contribution in [-0.2, 0) is 4.79 Å². The number of hydrogen-bond acceptors (Lipinski definition) is 3. The first kappa shape index (κ1) is 13.5. The molecule has 0 aromatic heterocycles. The zero-order valence-corrected chi connectivity index (χ0v) is 10.2. The lowest BCUT2D eigenvalue weighted by Crippen LogP contribution is -2.29. The summed E-state index contributed by atoms with van der Waals surface area (Å²) in [7, 11) is 0. The van der Waals surface area contributed by atoms with Crippen molar-refractivity contribution in [2.45, 2.75) is 26.3 Å². The summed E-state index contributed by atoms with van der Waals surface area (Å²) < 4.78 is 0. The van der Waals surface area contributed by atoms with Crippen molar-refractivity contribution >= 4 is 5.97 Å². The van der Waals surface area contributed by atoms with Gasteiger partial charge in [0.05, 0.1) is 0 Å². The van der Waals surface area contributed by atoms with Gasteiger partial charge >= 0.3 is 5.97 Å². The number of rotatable bonds is 6. The fourth-order valence-electron chi connectivity index (χ4n) is 1.53. The van der Waals surface area contributed by atoms with Gasteiger partial charge in [0.1, 0.15) is 11.8 Å². The molecule has 4 nitrogen and oxygen atoms in total. The number of benzene rings is 1. The van der Waals surface area contributed by atoms with Gasteiger partial charge in [-0.05, 0) is 36.6 Å². The van der Waals surface area contributed by atoms with E-state index < -0.39 is 12.0 Å². The number of phenolic OH excluding ortho intramolecular Hbond substituents is 1. The first-order valence-corrected chi connectivity index (χ1v) is 5.76. The van der Waals surface area contributed by atoms with Gasteiger partial charge in [-0.1, -0.05) is 26.0 Å². The first-order valence-electron chi connectivity index (χ1n) is 5.76. The molecule has 94 valence electrons. The Labute approximate surface area is 101 Å². The van der Waals surface area contributed by atoms with Gasteiger partial charge in [-0.25, -0.2) is 0 Å². The highest BCUT2D eigenvalue weighted by Gasteiger charge is 2.18. The van der Waals surface area contributed by atoms with Gasteiger partial charge in [-0.2, -0.15) is 0 Å². The second-order valence-corrected chi connectivity index (χ2v) is 4.50. The fraction of sp³-hybridized carbons (Fsp3) is 0.462. The molecule has 1 atom stereocenters. The molecular weight excluding hydrogens is 218 g/mol. The van der Waals surface area contributed by atoms with Crippen molar-refractivity contribution in [2.75, 3.05) is 6.54 Å². The minimum atomic E-state index is -0.903. The Morgan fingerprint density at radius 2 is 1.88 bits per heavy atom. The van der Waals surface area contributed by atoms with Crippen LogP contribution < -0.4 is 5.32 Å². The highest BCUT2D eigenvalue weighted by Crippen LogP contribution is 2.17. The third kappa shape index (κ3) is 4.44. The molecule has 0 saturated carbocycles. The average Bonchev–Trinajstić information content (AvgIpc) is 2.25. The van der Waals surface area contributed by atoms with E-state index in [1.807, 2.05) is 0 Å². The van der Waals surface area contributed by atoms with Crippen LogP contribution in [0.5, 0.6) is 5.75 Å². The van der Waals surface area contributed by atoms with Crippen molar-refractivity contribution in [3.8, 4) is 5.75 Å². The molecule has 4 heteroatoms. The largest absolute Gasteiger partial charge is 0.508 e. The van der Waals surface area contributed by atoms with Crippen LogP contribution in [-0.4, -0.2) is 22.7 Å². The molecule has 0 amide bonds. The number of aromatic hydroxyl groups is 1. The molecule has 1 unspecified atom stereocenters. The zero-order chi connectivity index (χ0) is 12.8. The molecule has 0 spiro atoms. The van der Waals surface area contributed by atoms with E-state index >= 15 is 0 Å². The van der Waals surface area contributed by atoms with Gasteiger partial charge in [0.25, 0.3) is 0 Å². The van der Waals surface area contributed by atoms with E-state index in [0.29, 0.717) is 18.0 Å². The molecule has 0 aliphatic carbocycles. The van der Waals surface area contributed by atoms with Gasteiger partial charge in [0.15, 0.2) is 0 Å². The number of nitrogens with one attached hydrogen (secondary N) is 1. The van der Waals surface area contributed by atoms with Crippen LogP contribution in [0, 0.1) is 5.92 Å². The van der Waals surface area contributed by atoms with Gasteiger partial charge in [0, 0.05) is 0 Å². The first-order chi connectivity index (χ1) is 8.00. The van der Waals surface area contributed by atoms with Crippen molar-refractivity contribution in [1.29, 1.82) is 0 Å². The van der Waals surface area contributed by atoms with E-state index in [-0.39, 0.29) is 5.75 Å². The van der Waals surface area contributed by atoms with Crippen LogP contribution in [0.15, 0.2) is 24.3 Å². The number of hydrogen-bond donors (Lipinski definition) is 3. The van der Waals surface area contributed by atoms with Crippen LogP contribution in [0.2, 0.25) is 0 Å². The van der Waals surface area contributed by atoms with Crippen molar-refractivity contribution in [1.82, 2.24) is 5.32 Å². The van der Waals surface area contributed by atoms with Gasteiger partial charge in [-0.15, -0.1) is 0 Å². The van der Waals surface area contributed by atoms with E-state index in [9.17, 15) is 4.79 Å². The lowest BCUT2D eigenvalue weighted by molar-refractivity contribution is -0.139. The summed E-state index contributed by atoms with van der Waals surface area (Å²) in [6.45, 7) is 4.85. The molecule has 3 N–H and O–H groups in total. The quantitative estimate of drug-likeness (QED) is 0.709. The Morgan fingerprint density at radius 3 is 2.35 bits per heavy atom. The van der Waals surface area contributed by atoms with E-state index in [4.69, 9.17) is 10.2 Å². The summed E-state index contributed by atoms with van der Waals surface area (Å²) in [6, 6.07) is 5.52. The molecule has 0 bridgehead atoms. The molecule has 0 heterocycles. The van der Waals surface area contributed by atoms with E-state index in [1.165, 1.54) is 12.1 Å². The van der Waals surface area contributed by atoms with Crippen molar-refractivity contribution < 1.29 is 15.0 Å². The van der Waals surface area contributed by atoms with Crippen LogP contribution in [0.1, 0.15) is 31.9 Å². The van der Waals surface area contributed by atoms with Crippen LogP contribution in [0.3, 0.4) is 0 Å². The number of carboxylic acid groups (broad SMARTS) is 1. The Hall–Kier alpha value is -1.55. The standard InChI is InChI=1S/C13H19NO3/c1-9(2)7-8-14-12(13(16)17)10-3-5-11(15)6-4-10/h3-6,9,12,14-15H,7-8H2,1-2H3,(H,16,17). The molecular formula is C13H19NO3. The maximum absolute atomic E-state index is 11.1. The monoisotopic (exact) mass is 237 g/mol. The van der Waals surface area contributed by atoms with E-state index in [1.54, 1.807) is 12.1 Å². The lowest BCUT2D eigenvalue weighted by atomic mass is 10.1. The summed E-state index contributed by atoms with van der Waals surface area (Å²) in [4.78, 5) is 11.1. The third-order valence-electron chi connectivity index (χ3n) is 2.54. The summed E-state index contributed by atoms with van der Waals surface area (Å²) >= 11 is 0. The third-order valence-corrected chi connectivity index (χ3v) is 2.54. The molecule has 0 saturated heterocycles. The maximum Gasteiger partial charge on any atom is 0.325 e. The topological polar surface area (TPSA) is 69.6 Å².